The van der Waals surface area contributed by atoms with E-state index >= 15 is 0 Å². The third-order valence-electron chi connectivity index (χ3n) is 7.94. The molecule has 2 fully saturated rings. The van der Waals surface area contributed by atoms with Crippen LogP contribution in [0.25, 0.3) is 0 Å². The summed E-state index contributed by atoms with van der Waals surface area (Å²) in [6.45, 7) is 4.48. The van der Waals surface area contributed by atoms with Crippen LogP contribution in [0.2, 0.25) is 5.02 Å². The third kappa shape index (κ3) is 5.58. The largest absolute Gasteiger partial charge is 0.480 e. The van der Waals surface area contributed by atoms with E-state index in [1.54, 1.807) is 11.0 Å². The molecule has 5 N–H and O–H groups in total. The topological polar surface area (TPSA) is 129 Å². The zero-order valence-electron chi connectivity index (χ0n) is 20.4. The highest BCUT2D eigenvalue weighted by Gasteiger charge is 2.53. The molecule has 0 amide bonds. The molecule has 3 unspecified atom stereocenters. The van der Waals surface area contributed by atoms with E-state index in [9.17, 15) is 19.9 Å². The van der Waals surface area contributed by atoms with Crippen molar-refractivity contribution in [3.8, 4) is 11.5 Å². The summed E-state index contributed by atoms with van der Waals surface area (Å²) in [5.74, 6) is -0.209. The minimum Gasteiger partial charge on any atom is -0.480 e. The molecule has 11 heteroatoms. The van der Waals surface area contributed by atoms with Crippen molar-refractivity contribution in [3.63, 3.8) is 0 Å². The minimum atomic E-state index is -1.63. The number of hydrogen-bond acceptors (Lipinski definition) is 8. The Morgan fingerprint density at radius 2 is 1.94 bits per heavy atom. The van der Waals surface area contributed by atoms with E-state index in [4.69, 9.17) is 26.8 Å². The maximum atomic E-state index is 12.3. The number of aliphatic carboxylic acids is 1. The summed E-state index contributed by atoms with van der Waals surface area (Å²) in [7, 11) is -1.63. The molecule has 0 aliphatic carbocycles. The van der Waals surface area contributed by atoms with Gasteiger partial charge in [0.05, 0.1) is 5.66 Å². The molecule has 9 nitrogen and oxygen atoms in total. The summed E-state index contributed by atoms with van der Waals surface area (Å²) in [5.41, 5.74) is 7.15. The number of nitrogens with zero attached hydrogens (tertiary/aromatic N) is 2. The van der Waals surface area contributed by atoms with Gasteiger partial charge < -0.3 is 30.4 Å². The van der Waals surface area contributed by atoms with Crippen molar-refractivity contribution in [2.24, 2.45) is 11.7 Å². The number of fused-ring (bicyclic) bond motifs is 1. The molecule has 0 saturated carbocycles. The van der Waals surface area contributed by atoms with Gasteiger partial charge in [-0.2, -0.15) is 0 Å². The first-order chi connectivity index (χ1) is 16.7. The molecule has 1 aromatic carbocycles. The molecule has 3 aliphatic rings. The fourth-order valence-electron chi connectivity index (χ4n) is 6.09. The van der Waals surface area contributed by atoms with Crippen molar-refractivity contribution in [3.05, 3.63) is 22.7 Å². The predicted octanol–water partition coefficient (Wildman–Crippen LogP) is 2.45. The van der Waals surface area contributed by atoms with Crippen molar-refractivity contribution in [1.82, 2.24) is 9.80 Å². The van der Waals surface area contributed by atoms with Gasteiger partial charge in [0.25, 0.3) is 0 Å². The second-order valence-electron chi connectivity index (χ2n) is 10.1. The van der Waals surface area contributed by atoms with Crippen molar-refractivity contribution >= 4 is 24.7 Å². The lowest BCUT2D eigenvalue weighted by atomic mass is 9.66. The first-order valence-electron chi connectivity index (χ1n) is 12.7. The summed E-state index contributed by atoms with van der Waals surface area (Å²) < 4.78 is 10.9. The Labute approximate surface area is 212 Å². The number of nitrogens with two attached hydrogens (primary N) is 1. The molecule has 1 aromatic rings. The van der Waals surface area contributed by atoms with Gasteiger partial charge >= 0.3 is 13.1 Å². The molecule has 0 radical (unpaired) electrons. The van der Waals surface area contributed by atoms with Gasteiger partial charge in [-0.1, -0.05) is 31.4 Å². The first-order valence-corrected chi connectivity index (χ1v) is 13.1. The number of carbonyl (C=O) groups is 1. The number of rotatable bonds is 9. The van der Waals surface area contributed by atoms with Crippen LogP contribution in [-0.2, 0) is 11.3 Å². The predicted molar refractivity (Wildman–Crippen MR) is 133 cm³/mol. The Kier molecular flexibility index (Phi) is 8.51. The molecule has 35 heavy (non-hydrogen) atoms. The number of hydrogen-bond donors (Lipinski definition) is 4. The van der Waals surface area contributed by atoms with Crippen molar-refractivity contribution in [1.29, 1.82) is 0 Å². The molecule has 3 heterocycles. The number of unbranched alkanes of at least 4 members (excludes halogenated alkanes) is 1. The van der Waals surface area contributed by atoms with Gasteiger partial charge in [0, 0.05) is 23.6 Å². The van der Waals surface area contributed by atoms with Crippen molar-refractivity contribution < 1.29 is 29.4 Å². The van der Waals surface area contributed by atoms with Crippen LogP contribution in [0.4, 0.5) is 0 Å². The average Bonchev–Trinajstić information content (AvgIpc) is 3.27. The Bertz CT molecular complexity index is 900. The zero-order valence-corrected chi connectivity index (χ0v) is 21.1. The average molecular weight is 510 g/mol. The van der Waals surface area contributed by atoms with Crippen LogP contribution in [0.3, 0.4) is 0 Å². The standard InChI is InChI=1S/C24H37BClN3O6/c1-2-3-5-19(23(30)31)29-22(25(32)33)6-4-9-24(29,27)17-7-10-28(11-8-17)14-16-12-20-21(13-18(16)26)35-15-34-20/h12-13,17,19,22,32-33H,2-11,14-15,27H2,1H3,(H,30,31). The van der Waals surface area contributed by atoms with Crippen LogP contribution in [0, 0.1) is 5.92 Å². The second kappa shape index (κ2) is 11.2. The quantitative estimate of drug-likeness (QED) is 0.371. The van der Waals surface area contributed by atoms with E-state index in [-0.39, 0.29) is 12.7 Å². The van der Waals surface area contributed by atoms with Crippen LogP contribution >= 0.6 is 11.6 Å². The number of carboxylic acids is 1. The van der Waals surface area contributed by atoms with E-state index in [2.05, 4.69) is 4.90 Å². The highest BCUT2D eigenvalue weighted by Crippen LogP contribution is 2.42. The smallest absolute Gasteiger partial charge is 0.469 e. The number of carboxylic acid groups (broad SMARTS) is 1. The summed E-state index contributed by atoms with van der Waals surface area (Å²) in [6, 6.07) is 2.89. The van der Waals surface area contributed by atoms with Gasteiger partial charge in [0.1, 0.15) is 6.04 Å². The monoisotopic (exact) mass is 509 g/mol. The maximum absolute atomic E-state index is 12.3. The number of ether oxygens (including phenoxy) is 2. The van der Waals surface area contributed by atoms with Gasteiger partial charge in [0.15, 0.2) is 11.5 Å². The fraction of sp³-hybridized carbons (Fsp3) is 0.708. The molecule has 0 spiro atoms. The van der Waals surface area contributed by atoms with Gasteiger partial charge in [-0.25, -0.2) is 0 Å². The molecular formula is C24H37BClN3O6. The molecule has 3 atom stereocenters. The Morgan fingerprint density at radius 3 is 2.57 bits per heavy atom. The number of benzene rings is 1. The normalized spacial score (nSPS) is 26.6. The molecule has 3 aliphatic heterocycles. The van der Waals surface area contributed by atoms with Crippen LogP contribution in [-0.4, -0.2) is 75.6 Å². The Balaban J connectivity index is 1.48. The van der Waals surface area contributed by atoms with Crippen LogP contribution in [0.1, 0.15) is 63.9 Å². The van der Waals surface area contributed by atoms with Crippen LogP contribution in [0.5, 0.6) is 11.5 Å². The van der Waals surface area contributed by atoms with E-state index in [1.165, 1.54) is 0 Å². The SMILES string of the molecule is CCCCC(C(=O)O)N1C(B(O)O)CCCC1(N)C1CCN(Cc2cc3c(cc2Cl)OCO3)CC1. The van der Waals surface area contributed by atoms with E-state index in [1.807, 2.05) is 13.0 Å². The van der Waals surface area contributed by atoms with E-state index < -0.39 is 30.7 Å². The highest BCUT2D eigenvalue weighted by atomic mass is 35.5. The fourth-order valence-corrected chi connectivity index (χ4v) is 6.30. The van der Waals surface area contributed by atoms with Crippen LogP contribution in [0.15, 0.2) is 12.1 Å². The van der Waals surface area contributed by atoms with Gasteiger partial charge in [-0.15, -0.1) is 0 Å². The lowest BCUT2D eigenvalue weighted by Crippen LogP contribution is -2.73. The van der Waals surface area contributed by atoms with E-state index in [0.717, 1.165) is 50.8 Å². The maximum Gasteiger partial charge on any atom is 0.469 e. The zero-order chi connectivity index (χ0) is 25.2. The van der Waals surface area contributed by atoms with Gasteiger partial charge in [-0.05, 0) is 69.2 Å². The molecular weight excluding hydrogens is 473 g/mol. The number of halogens is 1. The molecule has 0 bridgehead atoms. The number of likely N-dealkylation sites (tertiary alicyclic amines) is 2. The summed E-state index contributed by atoms with van der Waals surface area (Å²) in [6.07, 6.45) is 5.54. The molecule has 4 rings (SSSR count). The molecule has 0 aromatic heterocycles. The Hall–Kier alpha value is -1.56. The lowest BCUT2D eigenvalue weighted by Gasteiger charge is -2.56. The number of piperidine rings is 2. The molecule has 2 saturated heterocycles. The lowest BCUT2D eigenvalue weighted by molar-refractivity contribution is -0.153. The van der Waals surface area contributed by atoms with Gasteiger partial charge in [0.2, 0.25) is 6.79 Å². The summed E-state index contributed by atoms with van der Waals surface area (Å²) in [5, 5.41) is 31.0. The van der Waals surface area contributed by atoms with Gasteiger partial charge in [-0.3, -0.25) is 14.6 Å². The summed E-state index contributed by atoms with van der Waals surface area (Å²) in [4.78, 5) is 16.4. The van der Waals surface area contributed by atoms with Crippen molar-refractivity contribution in [2.45, 2.75) is 82.5 Å². The van der Waals surface area contributed by atoms with Crippen molar-refractivity contribution in [2.75, 3.05) is 19.9 Å². The molecule has 194 valence electrons. The minimum absolute atomic E-state index is 0.0519. The highest BCUT2D eigenvalue weighted by molar-refractivity contribution is 6.43. The second-order valence-corrected chi connectivity index (χ2v) is 10.5. The Morgan fingerprint density at radius 1 is 1.26 bits per heavy atom. The van der Waals surface area contributed by atoms with Crippen LogP contribution < -0.4 is 15.2 Å². The summed E-state index contributed by atoms with van der Waals surface area (Å²) >= 11 is 6.48. The third-order valence-corrected chi connectivity index (χ3v) is 8.29. The first kappa shape index (κ1) is 26.5. The van der Waals surface area contributed by atoms with E-state index in [0.29, 0.717) is 42.3 Å².